The van der Waals surface area contributed by atoms with Crippen molar-refractivity contribution in [1.29, 1.82) is 0 Å². The van der Waals surface area contributed by atoms with Crippen LogP contribution in [0.25, 0.3) is 0 Å². The Bertz CT molecular complexity index is 237. The zero-order valence-electron chi connectivity index (χ0n) is 9.05. The molecule has 0 saturated heterocycles. The van der Waals surface area contributed by atoms with Gasteiger partial charge < -0.3 is 10.1 Å². The summed E-state index contributed by atoms with van der Waals surface area (Å²) in [7, 11) is 3.72. The van der Waals surface area contributed by atoms with Gasteiger partial charge in [0.2, 0.25) is 0 Å². The topological polar surface area (TPSA) is 21.3 Å². The summed E-state index contributed by atoms with van der Waals surface area (Å²) in [5, 5.41) is 3.15. The molecule has 0 aromatic heterocycles. The molecule has 14 heavy (non-hydrogen) atoms. The van der Waals surface area contributed by atoms with Crippen molar-refractivity contribution in [2.75, 3.05) is 27.3 Å². The van der Waals surface area contributed by atoms with Crippen LogP contribution in [0.3, 0.4) is 0 Å². The van der Waals surface area contributed by atoms with Gasteiger partial charge in [-0.2, -0.15) is 0 Å². The van der Waals surface area contributed by atoms with Crippen LogP contribution in [0, 0.1) is 0 Å². The fourth-order valence-corrected chi connectivity index (χ4v) is 1.43. The van der Waals surface area contributed by atoms with E-state index in [1.807, 2.05) is 7.05 Å². The van der Waals surface area contributed by atoms with Crippen molar-refractivity contribution >= 4 is 0 Å². The molecule has 0 aliphatic heterocycles. The summed E-state index contributed by atoms with van der Waals surface area (Å²) in [4.78, 5) is 0. The lowest BCUT2D eigenvalue weighted by Gasteiger charge is -2.04. The minimum Gasteiger partial charge on any atom is -0.384 e. The Labute approximate surface area is 86.3 Å². The van der Waals surface area contributed by atoms with Crippen molar-refractivity contribution in [2.24, 2.45) is 0 Å². The highest BCUT2D eigenvalue weighted by Crippen LogP contribution is 2.06. The molecule has 0 amide bonds. The quantitative estimate of drug-likeness (QED) is 0.741. The molecule has 0 bridgehead atoms. The van der Waals surface area contributed by atoms with Crippen molar-refractivity contribution in [1.82, 2.24) is 5.32 Å². The summed E-state index contributed by atoms with van der Waals surface area (Å²) in [6, 6.07) is 8.71. The Morgan fingerprint density at radius 1 is 1.21 bits per heavy atom. The highest BCUT2D eigenvalue weighted by molar-refractivity contribution is 5.23. The zero-order valence-corrected chi connectivity index (χ0v) is 9.05. The van der Waals surface area contributed by atoms with Gasteiger partial charge in [-0.15, -0.1) is 0 Å². The van der Waals surface area contributed by atoms with Crippen molar-refractivity contribution in [3.05, 3.63) is 35.4 Å². The molecule has 1 N–H and O–H groups in total. The number of nitrogens with one attached hydrogen (secondary N) is 1. The minimum absolute atomic E-state index is 0.801. The average Bonchev–Trinajstić information content (AvgIpc) is 2.24. The Balaban J connectivity index is 2.50. The summed E-state index contributed by atoms with van der Waals surface area (Å²) < 4.78 is 5.05. The van der Waals surface area contributed by atoms with Gasteiger partial charge in [-0.3, -0.25) is 0 Å². The highest BCUT2D eigenvalue weighted by atomic mass is 16.5. The molecular formula is C12H19NO. The van der Waals surface area contributed by atoms with Crippen LogP contribution >= 0.6 is 0 Å². The lowest BCUT2D eigenvalue weighted by atomic mass is 10.1. The van der Waals surface area contributed by atoms with E-state index in [1.54, 1.807) is 7.11 Å². The van der Waals surface area contributed by atoms with Crippen molar-refractivity contribution in [2.45, 2.75) is 12.8 Å². The maximum Gasteiger partial charge on any atom is 0.0502 e. The molecule has 0 heterocycles. The number of hydrogen-bond acceptors (Lipinski definition) is 2. The van der Waals surface area contributed by atoms with Gasteiger partial charge in [0.25, 0.3) is 0 Å². The summed E-state index contributed by atoms with van der Waals surface area (Å²) in [6.45, 7) is 1.84. The van der Waals surface area contributed by atoms with Gasteiger partial charge in [0, 0.05) is 7.11 Å². The van der Waals surface area contributed by atoms with E-state index >= 15 is 0 Å². The third-order valence-corrected chi connectivity index (χ3v) is 2.25. The predicted molar refractivity (Wildman–Crippen MR) is 59.7 cm³/mol. The molecule has 0 unspecified atom stereocenters. The van der Waals surface area contributed by atoms with Crippen molar-refractivity contribution in [3.8, 4) is 0 Å². The van der Waals surface area contributed by atoms with E-state index in [1.165, 1.54) is 11.1 Å². The molecule has 0 atom stereocenters. The van der Waals surface area contributed by atoms with E-state index in [9.17, 15) is 0 Å². The van der Waals surface area contributed by atoms with Crippen molar-refractivity contribution < 1.29 is 4.74 Å². The summed E-state index contributed by atoms with van der Waals surface area (Å²) in [5.41, 5.74) is 2.76. The van der Waals surface area contributed by atoms with E-state index in [2.05, 4.69) is 29.6 Å². The Morgan fingerprint density at radius 3 is 2.57 bits per heavy atom. The normalized spacial score (nSPS) is 10.4. The second-order valence-electron chi connectivity index (χ2n) is 3.42. The third kappa shape index (κ3) is 3.90. The summed E-state index contributed by atoms with van der Waals surface area (Å²) in [5.74, 6) is 0. The molecule has 0 aliphatic rings. The first-order valence-corrected chi connectivity index (χ1v) is 5.08. The SMILES string of the molecule is CNCCc1cccc(CCOC)c1. The van der Waals surface area contributed by atoms with Crippen LogP contribution in [-0.4, -0.2) is 27.3 Å². The van der Waals surface area contributed by atoms with Crippen LogP contribution in [-0.2, 0) is 17.6 Å². The van der Waals surface area contributed by atoms with Crippen molar-refractivity contribution in [3.63, 3.8) is 0 Å². The number of likely N-dealkylation sites (N-methyl/N-ethyl adjacent to an activating group) is 1. The van der Waals surface area contributed by atoms with E-state index in [-0.39, 0.29) is 0 Å². The van der Waals surface area contributed by atoms with Crippen LogP contribution in [0.5, 0.6) is 0 Å². The van der Waals surface area contributed by atoms with Gasteiger partial charge in [0.1, 0.15) is 0 Å². The lowest BCUT2D eigenvalue weighted by Crippen LogP contribution is -2.10. The van der Waals surface area contributed by atoms with Crippen LogP contribution in [0.15, 0.2) is 24.3 Å². The standard InChI is InChI=1S/C12H19NO/c1-13-8-6-11-4-3-5-12(10-11)7-9-14-2/h3-5,10,13H,6-9H2,1-2H3. The molecular weight excluding hydrogens is 174 g/mol. The average molecular weight is 193 g/mol. The second kappa shape index (κ2) is 6.57. The minimum atomic E-state index is 0.801. The van der Waals surface area contributed by atoms with E-state index in [4.69, 9.17) is 4.74 Å². The first-order chi connectivity index (χ1) is 6.86. The Kier molecular flexibility index (Phi) is 5.27. The smallest absolute Gasteiger partial charge is 0.0502 e. The first kappa shape index (κ1) is 11.2. The number of methoxy groups -OCH3 is 1. The van der Waals surface area contributed by atoms with Gasteiger partial charge in [0.15, 0.2) is 0 Å². The van der Waals surface area contributed by atoms with Crippen LogP contribution < -0.4 is 5.32 Å². The molecule has 2 heteroatoms. The molecule has 0 aliphatic carbocycles. The molecule has 1 aromatic carbocycles. The zero-order chi connectivity index (χ0) is 10.2. The summed E-state index contributed by atoms with van der Waals surface area (Å²) in [6.07, 6.45) is 2.10. The molecule has 78 valence electrons. The highest BCUT2D eigenvalue weighted by Gasteiger charge is 1.95. The largest absolute Gasteiger partial charge is 0.384 e. The monoisotopic (exact) mass is 193 g/mol. The maximum absolute atomic E-state index is 5.05. The Morgan fingerprint density at radius 2 is 1.93 bits per heavy atom. The van der Waals surface area contributed by atoms with E-state index in [0.29, 0.717) is 0 Å². The molecule has 0 saturated carbocycles. The number of rotatable bonds is 6. The summed E-state index contributed by atoms with van der Waals surface area (Å²) >= 11 is 0. The number of benzene rings is 1. The Hall–Kier alpha value is -0.860. The first-order valence-electron chi connectivity index (χ1n) is 5.08. The van der Waals surface area contributed by atoms with E-state index < -0.39 is 0 Å². The van der Waals surface area contributed by atoms with Crippen LogP contribution in [0.1, 0.15) is 11.1 Å². The third-order valence-electron chi connectivity index (χ3n) is 2.25. The number of ether oxygens (including phenoxy) is 1. The molecule has 1 aromatic rings. The molecule has 0 fully saturated rings. The van der Waals surface area contributed by atoms with Crippen LogP contribution in [0.4, 0.5) is 0 Å². The van der Waals surface area contributed by atoms with Gasteiger partial charge in [-0.1, -0.05) is 24.3 Å². The van der Waals surface area contributed by atoms with Gasteiger partial charge >= 0.3 is 0 Å². The molecule has 2 nitrogen and oxygen atoms in total. The van der Waals surface area contributed by atoms with Gasteiger partial charge in [0.05, 0.1) is 6.61 Å². The molecule has 0 spiro atoms. The lowest BCUT2D eigenvalue weighted by molar-refractivity contribution is 0.202. The predicted octanol–water partition coefficient (Wildman–Crippen LogP) is 1.64. The van der Waals surface area contributed by atoms with Crippen LogP contribution in [0.2, 0.25) is 0 Å². The van der Waals surface area contributed by atoms with Gasteiger partial charge in [-0.05, 0) is 37.6 Å². The van der Waals surface area contributed by atoms with Gasteiger partial charge in [-0.25, -0.2) is 0 Å². The fraction of sp³-hybridized carbons (Fsp3) is 0.500. The molecule has 0 radical (unpaired) electrons. The molecule has 1 rings (SSSR count). The fourth-order valence-electron chi connectivity index (χ4n) is 1.43. The number of hydrogen-bond donors (Lipinski definition) is 1. The van der Waals surface area contributed by atoms with E-state index in [0.717, 1.165) is 26.0 Å². The second-order valence-corrected chi connectivity index (χ2v) is 3.42. The maximum atomic E-state index is 5.05.